The third-order valence-corrected chi connectivity index (χ3v) is 6.00. The van der Waals surface area contributed by atoms with Crippen molar-refractivity contribution in [3.05, 3.63) is 96.8 Å². The molecule has 6 nitrogen and oxygen atoms in total. The summed E-state index contributed by atoms with van der Waals surface area (Å²) in [5.41, 5.74) is 5.41. The van der Waals surface area contributed by atoms with E-state index in [0.717, 1.165) is 34.7 Å². The molecule has 2 N–H and O–H groups in total. The molecule has 1 aromatic heterocycles. The van der Waals surface area contributed by atoms with E-state index in [1.807, 2.05) is 31.2 Å². The number of fused-ring (bicyclic) bond motifs is 1. The summed E-state index contributed by atoms with van der Waals surface area (Å²) in [6, 6.07) is 26.9. The Kier molecular flexibility index (Phi) is 10.2. The molecule has 0 aliphatic heterocycles. The van der Waals surface area contributed by atoms with Crippen LogP contribution in [0.15, 0.2) is 91.2 Å². The number of imidazole rings is 1. The first-order chi connectivity index (χ1) is 18.2. The molecular weight excluding hydrogens is 515 g/mol. The third-order valence-electron chi connectivity index (χ3n) is 5.21. The Bertz CT molecular complexity index is 1340. The summed E-state index contributed by atoms with van der Waals surface area (Å²) in [4.78, 5) is 16.3. The third kappa shape index (κ3) is 8.31. The number of alkyl halides is 3. The normalized spacial score (nSPS) is 10.9. The molecule has 0 bridgehead atoms. The first kappa shape index (κ1) is 28.6. The number of aliphatic hydroxyl groups excluding tert-OH is 1. The average molecular weight is 544 g/mol. The molecule has 3 aromatic carbocycles. The number of carbonyl (C=O) groups is 1. The van der Waals surface area contributed by atoms with Crippen LogP contribution in [0.1, 0.15) is 18.9 Å². The Morgan fingerprint density at radius 2 is 1.68 bits per heavy atom. The van der Waals surface area contributed by atoms with Gasteiger partial charge in [-0.1, -0.05) is 61.0 Å². The Labute approximate surface area is 223 Å². The summed E-state index contributed by atoms with van der Waals surface area (Å²) < 4.78 is 43.0. The fraction of sp³-hybridized carbons (Fsp3) is 0.214. The number of rotatable bonds is 9. The van der Waals surface area contributed by atoms with Gasteiger partial charge in [-0.25, -0.2) is 4.98 Å². The van der Waals surface area contributed by atoms with Crippen LogP contribution < -0.4 is 4.72 Å². The number of nitrogens with zero attached hydrogens (tertiary/aromatic N) is 2. The number of hydrogen-bond acceptors (Lipinski definition) is 6. The van der Waals surface area contributed by atoms with E-state index in [1.165, 1.54) is 17.5 Å². The van der Waals surface area contributed by atoms with Crippen molar-refractivity contribution in [2.75, 3.05) is 17.1 Å². The molecule has 0 aliphatic carbocycles. The number of aliphatic hydroxyl groups is 1. The molecule has 1 heterocycles. The lowest BCUT2D eigenvalue weighted by molar-refractivity contribution is -0.142. The van der Waals surface area contributed by atoms with Crippen LogP contribution in [0.5, 0.6) is 0 Å². The number of hydrogen-bond donors (Lipinski definition) is 2. The lowest BCUT2D eigenvalue weighted by Gasteiger charge is -2.11. The minimum atomic E-state index is -4.64. The smallest absolute Gasteiger partial charge is 0.448 e. The van der Waals surface area contributed by atoms with Crippen molar-refractivity contribution in [2.45, 2.75) is 26.1 Å². The zero-order valence-electron chi connectivity index (χ0n) is 20.7. The van der Waals surface area contributed by atoms with Crippen molar-refractivity contribution in [3.8, 4) is 11.4 Å². The Hall–Kier alpha value is -3.92. The second-order valence-electron chi connectivity index (χ2n) is 8.02. The minimum Gasteiger partial charge on any atom is -0.505 e. The van der Waals surface area contributed by atoms with Crippen LogP contribution in [-0.4, -0.2) is 39.2 Å². The molecule has 0 spiro atoms. The molecule has 0 amide bonds. The molecule has 0 saturated heterocycles. The van der Waals surface area contributed by atoms with Crippen molar-refractivity contribution in [1.29, 1.82) is 0 Å². The van der Waals surface area contributed by atoms with Crippen LogP contribution in [0.4, 0.5) is 18.9 Å². The molecule has 0 unspecified atom stereocenters. The second kappa shape index (κ2) is 13.6. The number of esters is 1. The number of aromatic nitrogens is 2. The Balaban J connectivity index is 0.000000505. The molecular formula is C28H28F3N3O3S. The number of halogens is 3. The van der Waals surface area contributed by atoms with Crippen LogP contribution in [-0.2, 0) is 16.1 Å². The molecule has 0 radical (unpaired) electrons. The van der Waals surface area contributed by atoms with Gasteiger partial charge >= 0.3 is 12.1 Å². The van der Waals surface area contributed by atoms with Crippen LogP contribution >= 0.6 is 11.9 Å². The van der Waals surface area contributed by atoms with E-state index < -0.39 is 11.9 Å². The van der Waals surface area contributed by atoms with Gasteiger partial charge in [-0.05, 0) is 48.9 Å². The van der Waals surface area contributed by atoms with E-state index in [4.69, 9.17) is 14.8 Å². The van der Waals surface area contributed by atoms with Crippen molar-refractivity contribution in [1.82, 2.24) is 9.55 Å². The van der Waals surface area contributed by atoms with E-state index in [0.29, 0.717) is 18.8 Å². The fourth-order valence-electron chi connectivity index (χ4n) is 3.41. The SMILES string of the molecule is C=C(O)C(F)(F)F.CCOC(=O)CCSNc1ccc(-c2nc3ccccc3n2Cc2ccccc2)cc1. The van der Waals surface area contributed by atoms with Gasteiger partial charge in [-0.2, -0.15) is 13.2 Å². The maximum atomic E-state index is 11.4. The van der Waals surface area contributed by atoms with E-state index in [-0.39, 0.29) is 5.97 Å². The van der Waals surface area contributed by atoms with E-state index in [1.54, 1.807) is 0 Å². The monoisotopic (exact) mass is 543 g/mol. The number of benzene rings is 3. The van der Waals surface area contributed by atoms with Gasteiger partial charge in [0.1, 0.15) is 5.82 Å². The van der Waals surface area contributed by atoms with Gasteiger partial charge < -0.3 is 19.1 Å². The van der Waals surface area contributed by atoms with E-state index in [9.17, 15) is 18.0 Å². The minimum absolute atomic E-state index is 0.163. The first-order valence-electron chi connectivity index (χ1n) is 11.8. The van der Waals surface area contributed by atoms with Gasteiger partial charge in [0.2, 0.25) is 0 Å². The number of allylic oxidation sites excluding steroid dienone is 1. The largest absolute Gasteiger partial charge is 0.505 e. The zero-order valence-corrected chi connectivity index (χ0v) is 21.6. The molecule has 0 atom stereocenters. The van der Waals surface area contributed by atoms with Crippen LogP contribution in [0.2, 0.25) is 0 Å². The first-order valence-corrected chi connectivity index (χ1v) is 12.8. The van der Waals surface area contributed by atoms with Crippen LogP contribution in [0.3, 0.4) is 0 Å². The van der Waals surface area contributed by atoms with Gasteiger partial charge in [0.25, 0.3) is 0 Å². The lowest BCUT2D eigenvalue weighted by atomic mass is 10.2. The van der Waals surface area contributed by atoms with Gasteiger partial charge in [-0.3, -0.25) is 4.79 Å². The molecule has 0 aliphatic rings. The van der Waals surface area contributed by atoms with Crippen LogP contribution in [0.25, 0.3) is 22.4 Å². The molecule has 38 heavy (non-hydrogen) atoms. The maximum Gasteiger partial charge on any atom is 0.448 e. The number of nitrogens with one attached hydrogen (secondary N) is 1. The summed E-state index contributed by atoms with van der Waals surface area (Å²) in [5.74, 6) is -0.309. The number of carbonyl (C=O) groups excluding carboxylic acids is 1. The number of para-hydroxylation sites is 2. The topological polar surface area (TPSA) is 76.4 Å². The predicted molar refractivity (Wildman–Crippen MR) is 146 cm³/mol. The van der Waals surface area contributed by atoms with Crippen molar-refractivity contribution >= 4 is 34.6 Å². The van der Waals surface area contributed by atoms with Crippen molar-refractivity contribution in [2.24, 2.45) is 0 Å². The zero-order chi connectivity index (χ0) is 27.5. The Morgan fingerprint density at radius 1 is 1.05 bits per heavy atom. The summed E-state index contributed by atoms with van der Waals surface area (Å²) in [6.45, 7) is 5.26. The second-order valence-corrected chi connectivity index (χ2v) is 8.92. The van der Waals surface area contributed by atoms with Crippen molar-refractivity contribution < 1.29 is 27.8 Å². The molecule has 0 fully saturated rings. The van der Waals surface area contributed by atoms with E-state index in [2.05, 4.69) is 70.5 Å². The average Bonchev–Trinajstić information content (AvgIpc) is 3.26. The highest BCUT2D eigenvalue weighted by atomic mass is 32.2. The standard InChI is InChI=1S/C25H25N3O2S.C3H3F3O/c1-2-30-24(29)16-17-31-27-21-14-12-20(13-15-21)25-26-22-10-6-7-11-23(22)28(25)18-19-8-4-3-5-9-19;1-2(7)3(4,5)6/h3-15,27H,2,16-18H2,1H3;7H,1H2. The fourth-order valence-corrected chi connectivity index (χ4v) is 4.08. The van der Waals surface area contributed by atoms with Gasteiger partial charge in [0.15, 0.2) is 5.76 Å². The van der Waals surface area contributed by atoms with E-state index >= 15 is 0 Å². The highest BCUT2D eigenvalue weighted by Gasteiger charge is 2.31. The lowest BCUT2D eigenvalue weighted by Crippen LogP contribution is -2.09. The summed E-state index contributed by atoms with van der Waals surface area (Å²) >= 11 is 1.50. The molecule has 0 saturated carbocycles. The van der Waals surface area contributed by atoms with Gasteiger partial charge in [0.05, 0.1) is 24.1 Å². The molecule has 4 rings (SSSR count). The summed E-state index contributed by atoms with van der Waals surface area (Å²) in [7, 11) is 0. The summed E-state index contributed by atoms with van der Waals surface area (Å²) in [6.07, 6.45) is -4.24. The highest BCUT2D eigenvalue weighted by Crippen LogP contribution is 2.27. The molecule has 10 heteroatoms. The summed E-state index contributed by atoms with van der Waals surface area (Å²) in [5, 5.41) is 7.57. The van der Waals surface area contributed by atoms with Crippen molar-refractivity contribution in [3.63, 3.8) is 0 Å². The number of anilines is 1. The molecule has 200 valence electrons. The Morgan fingerprint density at radius 3 is 2.32 bits per heavy atom. The highest BCUT2D eigenvalue weighted by molar-refractivity contribution is 8.00. The van der Waals surface area contributed by atoms with Gasteiger partial charge in [0, 0.05) is 23.5 Å². The van der Waals surface area contributed by atoms with Gasteiger partial charge in [-0.15, -0.1) is 0 Å². The maximum absolute atomic E-state index is 11.4. The predicted octanol–water partition coefficient (Wildman–Crippen LogP) is 7.39. The van der Waals surface area contributed by atoms with Crippen LogP contribution in [0, 0.1) is 0 Å². The number of ether oxygens (including phenoxy) is 1. The quantitative estimate of drug-likeness (QED) is 0.0993. The molecule has 4 aromatic rings.